The zero-order chi connectivity index (χ0) is 15.4. The van der Waals surface area contributed by atoms with E-state index in [0.29, 0.717) is 13.0 Å². The molecule has 20 heavy (non-hydrogen) atoms. The topological polar surface area (TPSA) is 140 Å². The van der Waals surface area contributed by atoms with E-state index in [2.05, 4.69) is 10.6 Å². The molecule has 0 saturated carbocycles. The lowest BCUT2D eigenvalue weighted by Gasteiger charge is -2.04. The highest BCUT2D eigenvalue weighted by Gasteiger charge is 2.08. The third kappa shape index (κ3) is 9.47. The van der Waals surface area contributed by atoms with Crippen molar-refractivity contribution in [2.75, 3.05) is 13.1 Å². The first-order valence-corrected chi connectivity index (χ1v) is 6.02. The van der Waals surface area contributed by atoms with Crippen LogP contribution >= 0.6 is 0 Å². The molecule has 0 atom stereocenters. The molecule has 0 unspecified atom stereocenters. The summed E-state index contributed by atoms with van der Waals surface area (Å²) >= 11 is 0. The van der Waals surface area contributed by atoms with Crippen molar-refractivity contribution in [3.8, 4) is 6.07 Å². The number of carboxylic acids is 2. The van der Waals surface area contributed by atoms with E-state index in [4.69, 9.17) is 15.5 Å². The van der Waals surface area contributed by atoms with Crippen molar-refractivity contribution < 1.29 is 24.6 Å². The standard InChI is InChI=1S/C12H17N3O5/c13-7-9(8-14-5-1-3-10(16)17)12(20)15-6-2-4-11(18)19/h8,14H,1-6H2,(H,15,20)(H,16,17)(H,18,19)/b9-8-. The van der Waals surface area contributed by atoms with Gasteiger partial charge in [0.1, 0.15) is 11.6 Å². The SMILES string of the molecule is N#C/C(=C/NCCCC(=O)O)C(=O)NCCCC(=O)O. The highest BCUT2D eigenvalue weighted by molar-refractivity contribution is 5.97. The van der Waals surface area contributed by atoms with Gasteiger partial charge in [-0.1, -0.05) is 0 Å². The van der Waals surface area contributed by atoms with Gasteiger partial charge in [-0.15, -0.1) is 0 Å². The second-order valence-electron chi connectivity index (χ2n) is 3.87. The first kappa shape index (κ1) is 17.4. The van der Waals surface area contributed by atoms with E-state index in [0.717, 1.165) is 0 Å². The second kappa shape index (κ2) is 10.4. The molecule has 0 bridgehead atoms. The van der Waals surface area contributed by atoms with Crippen LogP contribution in [0.2, 0.25) is 0 Å². The van der Waals surface area contributed by atoms with Gasteiger partial charge in [-0.2, -0.15) is 5.26 Å². The summed E-state index contributed by atoms with van der Waals surface area (Å²) in [4.78, 5) is 32.0. The predicted octanol–water partition coefficient (Wildman–Crippen LogP) is -0.171. The van der Waals surface area contributed by atoms with Gasteiger partial charge in [0.2, 0.25) is 0 Å². The van der Waals surface area contributed by atoms with E-state index in [1.54, 1.807) is 6.07 Å². The largest absolute Gasteiger partial charge is 0.481 e. The minimum atomic E-state index is -0.949. The summed E-state index contributed by atoms with van der Waals surface area (Å²) in [7, 11) is 0. The van der Waals surface area contributed by atoms with Crippen LogP contribution in [-0.2, 0) is 14.4 Å². The number of rotatable bonds is 10. The Morgan fingerprint density at radius 3 is 2.10 bits per heavy atom. The number of hydrogen-bond donors (Lipinski definition) is 4. The molecule has 0 aromatic carbocycles. The van der Waals surface area contributed by atoms with Crippen molar-refractivity contribution in [3.63, 3.8) is 0 Å². The summed E-state index contributed by atoms with van der Waals surface area (Å²) in [6.07, 6.45) is 1.83. The van der Waals surface area contributed by atoms with Crippen molar-refractivity contribution in [1.29, 1.82) is 5.26 Å². The van der Waals surface area contributed by atoms with Crippen LogP contribution in [0.5, 0.6) is 0 Å². The molecule has 8 nitrogen and oxygen atoms in total. The van der Waals surface area contributed by atoms with Crippen LogP contribution in [0.3, 0.4) is 0 Å². The number of nitriles is 1. The highest BCUT2D eigenvalue weighted by atomic mass is 16.4. The Morgan fingerprint density at radius 2 is 1.60 bits per heavy atom. The molecule has 0 aromatic heterocycles. The van der Waals surface area contributed by atoms with Gasteiger partial charge in [0.25, 0.3) is 5.91 Å². The minimum absolute atomic E-state index is 0.00408. The highest BCUT2D eigenvalue weighted by Crippen LogP contribution is 1.93. The van der Waals surface area contributed by atoms with Crippen LogP contribution in [0.1, 0.15) is 25.7 Å². The molecule has 0 aliphatic heterocycles. The molecule has 0 aliphatic rings. The Bertz CT molecular complexity index is 425. The van der Waals surface area contributed by atoms with Crippen molar-refractivity contribution in [1.82, 2.24) is 10.6 Å². The van der Waals surface area contributed by atoms with Crippen LogP contribution < -0.4 is 10.6 Å². The number of hydrogen-bond acceptors (Lipinski definition) is 5. The lowest BCUT2D eigenvalue weighted by Crippen LogP contribution is -2.27. The quantitative estimate of drug-likeness (QED) is 0.248. The van der Waals surface area contributed by atoms with Crippen LogP contribution in [0.25, 0.3) is 0 Å². The smallest absolute Gasteiger partial charge is 0.303 e. The van der Waals surface area contributed by atoms with E-state index in [1.165, 1.54) is 6.20 Å². The zero-order valence-electron chi connectivity index (χ0n) is 10.9. The molecule has 0 aromatic rings. The van der Waals surface area contributed by atoms with Crippen LogP contribution in [-0.4, -0.2) is 41.1 Å². The number of nitrogens with one attached hydrogen (secondary N) is 2. The summed E-state index contributed by atoms with van der Waals surface area (Å²) in [5.41, 5.74) is -0.143. The molecular weight excluding hydrogens is 266 g/mol. The molecule has 0 fully saturated rings. The van der Waals surface area contributed by atoms with Gasteiger partial charge in [-0.3, -0.25) is 14.4 Å². The van der Waals surface area contributed by atoms with Crippen molar-refractivity contribution in [3.05, 3.63) is 11.8 Å². The lowest BCUT2D eigenvalue weighted by atomic mass is 10.2. The Morgan fingerprint density at radius 1 is 1.05 bits per heavy atom. The van der Waals surface area contributed by atoms with Crippen LogP contribution in [0.15, 0.2) is 11.8 Å². The second-order valence-corrected chi connectivity index (χ2v) is 3.87. The zero-order valence-corrected chi connectivity index (χ0v) is 10.9. The maximum Gasteiger partial charge on any atom is 0.303 e. The van der Waals surface area contributed by atoms with Gasteiger partial charge in [-0.05, 0) is 12.8 Å². The first-order valence-electron chi connectivity index (χ1n) is 6.02. The normalized spacial score (nSPS) is 10.4. The number of amides is 1. The lowest BCUT2D eigenvalue weighted by molar-refractivity contribution is -0.138. The molecule has 0 radical (unpaired) electrons. The van der Waals surface area contributed by atoms with Gasteiger partial charge in [0, 0.05) is 32.1 Å². The average Bonchev–Trinajstić information content (AvgIpc) is 2.38. The van der Waals surface area contributed by atoms with Gasteiger partial charge in [0.05, 0.1) is 0 Å². The maximum absolute atomic E-state index is 11.5. The molecule has 0 heterocycles. The minimum Gasteiger partial charge on any atom is -0.481 e. The van der Waals surface area contributed by atoms with E-state index < -0.39 is 17.8 Å². The summed E-state index contributed by atoms with van der Waals surface area (Å²) in [5.74, 6) is -2.45. The molecule has 0 rings (SSSR count). The molecule has 0 saturated heterocycles. The number of aliphatic carboxylic acids is 2. The Kier molecular flexibility index (Phi) is 9.04. The maximum atomic E-state index is 11.5. The fraction of sp³-hybridized carbons (Fsp3) is 0.500. The predicted molar refractivity (Wildman–Crippen MR) is 68.4 cm³/mol. The van der Waals surface area contributed by atoms with Gasteiger partial charge < -0.3 is 20.8 Å². The number of nitrogens with zero attached hydrogens (tertiary/aromatic N) is 1. The fourth-order valence-electron chi connectivity index (χ4n) is 1.20. The van der Waals surface area contributed by atoms with Crippen molar-refractivity contribution in [2.45, 2.75) is 25.7 Å². The number of carboxylic acid groups (broad SMARTS) is 2. The average molecular weight is 283 g/mol. The monoisotopic (exact) mass is 283 g/mol. The third-order valence-electron chi connectivity index (χ3n) is 2.18. The third-order valence-corrected chi connectivity index (χ3v) is 2.18. The number of carbonyl (C=O) groups is 3. The Labute approximate surface area is 116 Å². The summed E-state index contributed by atoms with van der Waals surface area (Å²) in [6.45, 7) is 0.507. The summed E-state index contributed by atoms with van der Waals surface area (Å²) in [5, 5.41) is 30.7. The van der Waals surface area contributed by atoms with E-state index in [-0.39, 0.29) is 31.4 Å². The van der Waals surface area contributed by atoms with E-state index in [1.807, 2.05) is 0 Å². The molecule has 0 spiro atoms. The first-order chi connectivity index (χ1) is 9.47. The molecular formula is C12H17N3O5. The molecule has 1 amide bonds. The van der Waals surface area contributed by atoms with Gasteiger partial charge in [-0.25, -0.2) is 0 Å². The van der Waals surface area contributed by atoms with E-state index in [9.17, 15) is 14.4 Å². The summed E-state index contributed by atoms with van der Waals surface area (Å²) < 4.78 is 0. The number of carbonyl (C=O) groups excluding carboxylic acids is 1. The Hall–Kier alpha value is -2.56. The van der Waals surface area contributed by atoms with Gasteiger partial charge in [0.15, 0.2) is 0 Å². The fourth-order valence-corrected chi connectivity index (χ4v) is 1.20. The summed E-state index contributed by atoms with van der Waals surface area (Å²) in [6, 6.07) is 1.71. The Balaban J connectivity index is 3.98. The van der Waals surface area contributed by atoms with Crippen LogP contribution in [0, 0.1) is 11.3 Å². The van der Waals surface area contributed by atoms with Crippen molar-refractivity contribution in [2.24, 2.45) is 0 Å². The van der Waals surface area contributed by atoms with Crippen molar-refractivity contribution >= 4 is 17.8 Å². The molecule has 4 N–H and O–H groups in total. The molecule has 0 aliphatic carbocycles. The molecule has 110 valence electrons. The van der Waals surface area contributed by atoms with Gasteiger partial charge >= 0.3 is 11.9 Å². The van der Waals surface area contributed by atoms with E-state index >= 15 is 0 Å². The van der Waals surface area contributed by atoms with Crippen LogP contribution in [0.4, 0.5) is 0 Å². The molecule has 8 heteroatoms.